The molecule has 1 amide bonds. The summed E-state index contributed by atoms with van der Waals surface area (Å²) in [5.74, 6) is -1.25. The highest BCUT2D eigenvalue weighted by Gasteiger charge is 2.58. The number of alkyl halides is 3. The van der Waals surface area contributed by atoms with Crippen LogP contribution in [0.25, 0.3) is 0 Å². The van der Waals surface area contributed by atoms with E-state index in [-0.39, 0.29) is 6.54 Å². The normalized spacial score (nSPS) is 14.0. The van der Waals surface area contributed by atoms with Crippen molar-refractivity contribution in [1.29, 1.82) is 0 Å². The molecule has 0 bridgehead atoms. The molecule has 0 radical (unpaired) electrons. The van der Waals surface area contributed by atoms with Crippen molar-refractivity contribution in [2.75, 3.05) is 7.11 Å². The molecule has 0 aromatic carbocycles. The second-order valence-electron chi connectivity index (χ2n) is 5.38. The van der Waals surface area contributed by atoms with Gasteiger partial charge < -0.3 is 19.7 Å². The fraction of sp³-hybridized carbons (Fsp3) is 0.400. The van der Waals surface area contributed by atoms with Crippen LogP contribution >= 0.6 is 0 Å². The molecule has 0 spiro atoms. The highest BCUT2D eigenvalue weighted by atomic mass is 19.4. The maximum absolute atomic E-state index is 13.3. The SMILES string of the molecule is COc1ccc(CNC(=O)CC(O)(c2nccn2C)C(F)(F)F)cn1. The molecule has 0 aliphatic rings. The number of aromatic nitrogens is 3. The fourth-order valence-corrected chi connectivity index (χ4v) is 2.20. The van der Waals surface area contributed by atoms with Crippen molar-refractivity contribution in [3.05, 3.63) is 42.1 Å². The molecule has 0 aliphatic heterocycles. The van der Waals surface area contributed by atoms with Gasteiger partial charge in [-0.3, -0.25) is 4.79 Å². The highest BCUT2D eigenvalue weighted by molar-refractivity contribution is 5.77. The molecule has 7 nitrogen and oxygen atoms in total. The number of methoxy groups -OCH3 is 1. The van der Waals surface area contributed by atoms with E-state index in [0.717, 1.165) is 10.8 Å². The van der Waals surface area contributed by atoms with Crippen molar-refractivity contribution in [2.24, 2.45) is 7.05 Å². The molecule has 10 heteroatoms. The number of nitrogens with zero attached hydrogens (tertiary/aromatic N) is 3. The van der Waals surface area contributed by atoms with Crippen LogP contribution in [-0.4, -0.2) is 38.8 Å². The van der Waals surface area contributed by atoms with E-state index in [4.69, 9.17) is 4.74 Å². The third kappa shape index (κ3) is 4.08. The number of rotatable bonds is 6. The van der Waals surface area contributed by atoms with Gasteiger partial charge in [0.15, 0.2) is 5.82 Å². The lowest BCUT2D eigenvalue weighted by atomic mass is 9.97. The Morgan fingerprint density at radius 2 is 2.08 bits per heavy atom. The standard InChI is InChI=1S/C15H17F3N4O3/c1-22-6-5-19-13(22)14(24,15(16,17)18)7-11(23)20-8-10-3-4-12(25-2)21-9-10/h3-6,9,24H,7-8H2,1-2H3,(H,20,23). The zero-order chi connectivity index (χ0) is 18.7. The zero-order valence-corrected chi connectivity index (χ0v) is 13.5. The average Bonchev–Trinajstić information content (AvgIpc) is 2.99. The molecule has 0 saturated carbocycles. The first-order valence-electron chi connectivity index (χ1n) is 7.20. The second kappa shape index (κ2) is 7.09. The van der Waals surface area contributed by atoms with Crippen LogP contribution in [0, 0.1) is 0 Å². The van der Waals surface area contributed by atoms with Gasteiger partial charge in [0.1, 0.15) is 0 Å². The van der Waals surface area contributed by atoms with Gasteiger partial charge in [0.25, 0.3) is 0 Å². The molecule has 2 heterocycles. The Labute approximate surface area is 141 Å². The maximum Gasteiger partial charge on any atom is 0.425 e. The summed E-state index contributed by atoms with van der Waals surface area (Å²) in [6, 6.07) is 3.17. The number of aliphatic hydroxyl groups is 1. The van der Waals surface area contributed by atoms with Crippen LogP contribution in [0.15, 0.2) is 30.7 Å². The van der Waals surface area contributed by atoms with Gasteiger partial charge in [-0.1, -0.05) is 6.07 Å². The Bertz CT molecular complexity index is 730. The second-order valence-corrected chi connectivity index (χ2v) is 5.38. The van der Waals surface area contributed by atoms with Crippen LogP contribution in [0.3, 0.4) is 0 Å². The predicted octanol–water partition coefficient (Wildman–Crippen LogP) is 1.28. The van der Waals surface area contributed by atoms with E-state index in [2.05, 4.69) is 15.3 Å². The maximum atomic E-state index is 13.3. The third-order valence-corrected chi connectivity index (χ3v) is 3.57. The van der Waals surface area contributed by atoms with E-state index >= 15 is 0 Å². The molecule has 2 aromatic rings. The van der Waals surface area contributed by atoms with Crippen molar-refractivity contribution in [3.63, 3.8) is 0 Å². The number of nitrogens with one attached hydrogen (secondary N) is 1. The lowest BCUT2D eigenvalue weighted by molar-refractivity contribution is -0.271. The highest BCUT2D eigenvalue weighted by Crippen LogP contribution is 2.40. The number of halogens is 3. The Morgan fingerprint density at radius 1 is 1.36 bits per heavy atom. The van der Waals surface area contributed by atoms with Gasteiger partial charge in [-0.25, -0.2) is 9.97 Å². The minimum atomic E-state index is -5.06. The number of hydrogen-bond donors (Lipinski definition) is 2. The van der Waals surface area contributed by atoms with Crippen LogP contribution < -0.4 is 10.1 Å². The van der Waals surface area contributed by atoms with E-state index in [1.165, 1.54) is 26.6 Å². The van der Waals surface area contributed by atoms with Gasteiger partial charge in [0.2, 0.25) is 17.4 Å². The number of amides is 1. The minimum absolute atomic E-state index is 0.0374. The van der Waals surface area contributed by atoms with Crippen molar-refractivity contribution < 1.29 is 27.8 Å². The smallest absolute Gasteiger partial charge is 0.425 e. The monoisotopic (exact) mass is 358 g/mol. The summed E-state index contributed by atoms with van der Waals surface area (Å²) in [5, 5.41) is 12.5. The first kappa shape index (κ1) is 18.7. The summed E-state index contributed by atoms with van der Waals surface area (Å²) in [7, 11) is 2.75. The molecule has 2 rings (SSSR count). The number of carbonyl (C=O) groups excluding carboxylic acids is 1. The number of imidazole rings is 1. The Morgan fingerprint density at radius 3 is 2.56 bits per heavy atom. The molecule has 1 atom stereocenters. The summed E-state index contributed by atoms with van der Waals surface area (Å²) in [5.41, 5.74) is -2.81. The molecule has 136 valence electrons. The van der Waals surface area contributed by atoms with Gasteiger partial charge in [-0.2, -0.15) is 13.2 Å². The molecule has 1 unspecified atom stereocenters. The van der Waals surface area contributed by atoms with E-state index in [1.807, 2.05) is 0 Å². The van der Waals surface area contributed by atoms with Gasteiger partial charge in [0.05, 0.1) is 13.5 Å². The van der Waals surface area contributed by atoms with Gasteiger partial charge >= 0.3 is 6.18 Å². The summed E-state index contributed by atoms with van der Waals surface area (Å²) in [6.45, 7) is -0.0374. The number of carbonyl (C=O) groups is 1. The molecule has 0 aliphatic carbocycles. The molecule has 0 fully saturated rings. The van der Waals surface area contributed by atoms with Crippen LogP contribution in [0.2, 0.25) is 0 Å². The van der Waals surface area contributed by atoms with Crippen molar-refractivity contribution in [3.8, 4) is 5.88 Å². The van der Waals surface area contributed by atoms with Gasteiger partial charge in [-0.15, -0.1) is 0 Å². The average molecular weight is 358 g/mol. The lowest BCUT2D eigenvalue weighted by Gasteiger charge is -2.29. The van der Waals surface area contributed by atoms with Crippen molar-refractivity contribution >= 4 is 5.91 Å². The van der Waals surface area contributed by atoms with E-state index in [0.29, 0.717) is 11.4 Å². The molecular formula is C15H17F3N4O3. The van der Waals surface area contributed by atoms with Gasteiger partial charge in [0, 0.05) is 38.2 Å². The molecule has 25 heavy (non-hydrogen) atoms. The summed E-state index contributed by atoms with van der Waals surface area (Å²) in [4.78, 5) is 19.4. The van der Waals surface area contributed by atoms with Crippen LogP contribution in [0.5, 0.6) is 5.88 Å². The van der Waals surface area contributed by atoms with E-state index < -0.39 is 29.9 Å². The molecule has 2 N–H and O–H groups in total. The largest absolute Gasteiger partial charge is 0.481 e. The molecule has 0 saturated heterocycles. The number of ether oxygens (including phenoxy) is 1. The summed E-state index contributed by atoms with van der Waals surface area (Å²) in [6.07, 6.45) is -2.47. The molecular weight excluding hydrogens is 341 g/mol. The Balaban J connectivity index is 2.08. The van der Waals surface area contributed by atoms with Gasteiger partial charge in [-0.05, 0) is 5.56 Å². The van der Waals surface area contributed by atoms with E-state index in [9.17, 15) is 23.1 Å². The predicted molar refractivity (Wildman–Crippen MR) is 80.4 cm³/mol. The van der Waals surface area contributed by atoms with Crippen LogP contribution in [-0.2, 0) is 24.0 Å². The summed E-state index contributed by atoms with van der Waals surface area (Å²) >= 11 is 0. The van der Waals surface area contributed by atoms with E-state index in [1.54, 1.807) is 12.1 Å². The molecule has 2 aromatic heterocycles. The first-order valence-corrected chi connectivity index (χ1v) is 7.20. The van der Waals surface area contributed by atoms with Crippen molar-refractivity contribution in [1.82, 2.24) is 19.9 Å². The Hall–Kier alpha value is -2.62. The van der Waals surface area contributed by atoms with Crippen molar-refractivity contribution in [2.45, 2.75) is 24.7 Å². The fourth-order valence-electron chi connectivity index (χ4n) is 2.20. The topological polar surface area (TPSA) is 89.3 Å². The Kier molecular flexibility index (Phi) is 5.31. The number of pyridine rings is 1. The minimum Gasteiger partial charge on any atom is -0.481 e. The van der Waals surface area contributed by atoms with Crippen LogP contribution in [0.1, 0.15) is 17.8 Å². The zero-order valence-electron chi connectivity index (χ0n) is 13.5. The number of hydrogen-bond acceptors (Lipinski definition) is 5. The third-order valence-electron chi connectivity index (χ3n) is 3.57. The summed E-state index contributed by atoms with van der Waals surface area (Å²) < 4.78 is 45.9. The lowest BCUT2D eigenvalue weighted by Crippen LogP contribution is -2.47. The first-order chi connectivity index (χ1) is 11.7. The van der Waals surface area contributed by atoms with Crippen LogP contribution in [0.4, 0.5) is 13.2 Å². The number of aryl methyl sites for hydroxylation is 1. The quantitative estimate of drug-likeness (QED) is 0.812.